The van der Waals surface area contributed by atoms with Crippen LogP contribution >= 0.6 is 0 Å². The van der Waals surface area contributed by atoms with Crippen LogP contribution in [-0.4, -0.2) is 42.8 Å². The van der Waals surface area contributed by atoms with Crippen LogP contribution in [0.1, 0.15) is 34.6 Å². The molecular formula is C18H18O6. The standard InChI is InChI=1S/C18H18O6/c1-18(2)16(20)13(19)11-12(17(21)23-4)14(22-3)9-7-5-6-8-10(9)15(11)24-18/h5-8,16,20H,1-4H3/t16-/m0/s1. The van der Waals surface area contributed by atoms with Gasteiger partial charge in [-0.3, -0.25) is 4.79 Å². The molecule has 0 aromatic heterocycles. The molecule has 0 saturated heterocycles. The highest BCUT2D eigenvalue weighted by Gasteiger charge is 2.46. The molecule has 126 valence electrons. The van der Waals surface area contributed by atoms with Gasteiger partial charge in [-0.15, -0.1) is 0 Å². The average molecular weight is 330 g/mol. The zero-order chi connectivity index (χ0) is 17.6. The predicted octanol–water partition coefficient (Wildman–Crippen LogP) is 2.35. The summed E-state index contributed by atoms with van der Waals surface area (Å²) in [4.78, 5) is 25.1. The zero-order valence-corrected chi connectivity index (χ0v) is 13.9. The molecule has 1 aliphatic rings. The van der Waals surface area contributed by atoms with E-state index in [1.54, 1.807) is 38.1 Å². The van der Waals surface area contributed by atoms with Gasteiger partial charge in [0.2, 0.25) is 0 Å². The summed E-state index contributed by atoms with van der Waals surface area (Å²) in [6.45, 7) is 3.24. The van der Waals surface area contributed by atoms with Crippen LogP contribution < -0.4 is 9.47 Å². The van der Waals surface area contributed by atoms with Gasteiger partial charge in [0.25, 0.3) is 0 Å². The first-order valence-corrected chi connectivity index (χ1v) is 7.45. The van der Waals surface area contributed by atoms with Gasteiger partial charge in [-0.1, -0.05) is 24.3 Å². The Hall–Kier alpha value is -2.60. The van der Waals surface area contributed by atoms with Crippen molar-refractivity contribution in [3.8, 4) is 11.5 Å². The van der Waals surface area contributed by atoms with Crippen LogP contribution in [0.25, 0.3) is 10.8 Å². The van der Waals surface area contributed by atoms with Crippen molar-refractivity contribution in [2.75, 3.05) is 14.2 Å². The lowest BCUT2D eigenvalue weighted by molar-refractivity contribution is -0.0243. The first-order valence-electron chi connectivity index (χ1n) is 7.45. The van der Waals surface area contributed by atoms with Crippen LogP contribution in [0.3, 0.4) is 0 Å². The second kappa shape index (κ2) is 5.49. The van der Waals surface area contributed by atoms with E-state index in [0.29, 0.717) is 10.8 Å². The van der Waals surface area contributed by atoms with Crippen molar-refractivity contribution in [2.24, 2.45) is 0 Å². The summed E-state index contributed by atoms with van der Waals surface area (Å²) in [6, 6.07) is 7.14. The monoisotopic (exact) mass is 330 g/mol. The lowest BCUT2D eigenvalue weighted by atomic mass is 9.85. The number of carbonyl (C=O) groups is 2. The number of methoxy groups -OCH3 is 2. The molecule has 2 aromatic rings. The van der Waals surface area contributed by atoms with E-state index < -0.39 is 23.5 Å². The van der Waals surface area contributed by atoms with Crippen LogP contribution in [-0.2, 0) is 4.74 Å². The second-order valence-corrected chi connectivity index (χ2v) is 6.12. The van der Waals surface area contributed by atoms with Gasteiger partial charge < -0.3 is 19.3 Å². The number of rotatable bonds is 2. The van der Waals surface area contributed by atoms with Crippen molar-refractivity contribution in [3.05, 3.63) is 35.4 Å². The molecule has 0 unspecified atom stereocenters. The van der Waals surface area contributed by atoms with Crippen LogP contribution in [0, 0.1) is 0 Å². The third kappa shape index (κ3) is 2.14. The fourth-order valence-electron chi connectivity index (χ4n) is 3.00. The molecule has 24 heavy (non-hydrogen) atoms. The zero-order valence-electron chi connectivity index (χ0n) is 13.9. The van der Waals surface area contributed by atoms with Crippen LogP contribution in [0.4, 0.5) is 0 Å². The minimum Gasteiger partial charge on any atom is -0.495 e. The van der Waals surface area contributed by atoms with Crippen LogP contribution in [0.5, 0.6) is 11.5 Å². The predicted molar refractivity (Wildman–Crippen MR) is 86.9 cm³/mol. The third-order valence-electron chi connectivity index (χ3n) is 4.23. The molecule has 2 aromatic carbocycles. The molecule has 0 spiro atoms. The lowest BCUT2D eigenvalue weighted by Crippen LogP contribution is -2.50. The number of hydrogen-bond donors (Lipinski definition) is 1. The highest BCUT2D eigenvalue weighted by Crippen LogP contribution is 2.46. The SMILES string of the molecule is COC(=O)c1c2c(c3ccccc3c1OC)OC(C)(C)[C@@H](O)C2=O. The van der Waals surface area contributed by atoms with E-state index in [1.807, 2.05) is 0 Å². The Morgan fingerprint density at radius 2 is 1.83 bits per heavy atom. The molecule has 0 bridgehead atoms. The van der Waals surface area contributed by atoms with Crippen LogP contribution in [0.15, 0.2) is 24.3 Å². The van der Waals surface area contributed by atoms with Gasteiger partial charge in [-0.25, -0.2) is 4.79 Å². The van der Waals surface area contributed by atoms with Gasteiger partial charge >= 0.3 is 5.97 Å². The van der Waals surface area contributed by atoms with Crippen molar-refractivity contribution in [1.29, 1.82) is 0 Å². The quantitative estimate of drug-likeness (QED) is 0.851. The Balaban J connectivity index is 2.50. The minimum absolute atomic E-state index is 0.00998. The number of hydrogen-bond acceptors (Lipinski definition) is 6. The Labute approximate surface area is 138 Å². The average Bonchev–Trinajstić information content (AvgIpc) is 2.58. The van der Waals surface area contributed by atoms with Crippen molar-refractivity contribution in [1.82, 2.24) is 0 Å². The highest BCUT2D eigenvalue weighted by molar-refractivity contribution is 6.18. The maximum Gasteiger partial charge on any atom is 0.342 e. The van der Waals surface area contributed by atoms with Crippen molar-refractivity contribution in [3.63, 3.8) is 0 Å². The number of Topliss-reactive ketones (excluding diaryl/α,β-unsaturated/α-hetero) is 1. The van der Waals surface area contributed by atoms with E-state index in [2.05, 4.69) is 0 Å². The number of carbonyl (C=O) groups excluding carboxylic acids is 2. The second-order valence-electron chi connectivity index (χ2n) is 6.12. The van der Waals surface area contributed by atoms with Gasteiger partial charge in [0.1, 0.15) is 22.7 Å². The topological polar surface area (TPSA) is 82.1 Å². The molecule has 1 N–H and O–H groups in total. The molecule has 0 aliphatic carbocycles. The molecule has 1 heterocycles. The molecule has 0 radical (unpaired) electrons. The molecule has 0 saturated carbocycles. The molecule has 1 atom stereocenters. The molecule has 1 aliphatic heterocycles. The molecule has 3 rings (SSSR count). The lowest BCUT2D eigenvalue weighted by Gasteiger charge is -2.37. The van der Waals surface area contributed by atoms with Gasteiger partial charge in [0.15, 0.2) is 11.9 Å². The Bertz CT molecular complexity index is 852. The van der Waals surface area contributed by atoms with Crippen molar-refractivity contribution in [2.45, 2.75) is 25.6 Å². The fraction of sp³-hybridized carbons (Fsp3) is 0.333. The Morgan fingerprint density at radius 3 is 2.42 bits per heavy atom. The summed E-state index contributed by atoms with van der Waals surface area (Å²) < 4.78 is 16.1. The summed E-state index contributed by atoms with van der Waals surface area (Å²) in [7, 11) is 2.63. The van der Waals surface area contributed by atoms with Gasteiger partial charge in [0, 0.05) is 10.8 Å². The van der Waals surface area contributed by atoms with Crippen molar-refractivity contribution >= 4 is 22.5 Å². The Morgan fingerprint density at radius 1 is 1.21 bits per heavy atom. The summed E-state index contributed by atoms with van der Waals surface area (Å²) >= 11 is 0. The molecule has 0 amide bonds. The van der Waals surface area contributed by atoms with Gasteiger partial charge in [0.05, 0.1) is 19.8 Å². The maximum absolute atomic E-state index is 12.8. The largest absolute Gasteiger partial charge is 0.495 e. The first kappa shape index (κ1) is 16.3. The molecule has 6 nitrogen and oxygen atoms in total. The van der Waals surface area contributed by atoms with E-state index in [9.17, 15) is 14.7 Å². The van der Waals surface area contributed by atoms with E-state index in [4.69, 9.17) is 14.2 Å². The number of ether oxygens (including phenoxy) is 3. The summed E-state index contributed by atoms with van der Waals surface area (Å²) in [5, 5.41) is 11.6. The number of aliphatic hydroxyl groups is 1. The minimum atomic E-state index is -1.40. The summed E-state index contributed by atoms with van der Waals surface area (Å²) in [5.74, 6) is -0.837. The smallest absolute Gasteiger partial charge is 0.342 e. The fourth-order valence-corrected chi connectivity index (χ4v) is 3.00. The number of fused-ring (bicyclic) bond motifs is 3. The summed E-state index contributed by atoms with van der Waals surface area (Å²) in [6.07, 6.45) is -1.40. The van der Waals surface area contributed by atoms with E-state index >= 15 is 0 Å². The Kier molecular flexibility index (Phi) is 3.72. The van der Waals surface area contributed by atoms with Crippen LogP contribution in [0.2, 0.25) is 0 Å². The van der Waals surface area contributed by atoms with Crippen molar-refractivity contribution < 1.29 is 28.9 Å². The number of esters is 1. The maximum atomic E-state index is 12.8. The number of benzene rings is 2. The molecule has 0 fully saturated rings. The third-order valence-corrected chi connectivity index (χ3v) is 4.23. The first-order chi connectivity index (χ1) is 11.3. The summed E-state index contributed by atoms with van der Waals surface area (Å²) in [5.41, 5.74) is -1.16. The van der Waals surface area contributed by atoms with E-state index in [1.165, 1.54) is 14.2 Å². The van der Waals surface area contributed by atoms with E-state index in [-0.39, 0.29) is 22.6 Å². The van der Waals surface area contributed by atoms with Gasteiger partial charge in [-0.05, 0) is 13.8 Å². The molecular weight excluding hydrogens is 312 g/mol. The van der Waals surface area contributed by atoms with Gasteiger partial charge in [-0.2, -0.15) is 0 Å². The highest BCUT2D eigenvalue weighted by atomic mass is 16.5. The number of ketones is 1. The molecule has 6 heteroatoms. The number of aliphatic hydroxyl groups excluding tert-OH is 1. The normalized spacial score (nSPS) is 18.7. The van der Waals surface area contributed by atoms with E-state index in [0.717, 1.165) is 0 Å².